The summed E-state index contributed by atoms with van der Waals surface area (Å²) in [6, 6.07) is 6.74. The SMILES string of the molecule is CC(C)C1CCC(C)C2(CC2c2ccc(F)cc2)C1=O. The van der Waals surface area contributed by atoms with E-state index in [2.05, 4.69) is 20.8 Å². The first-order valence-electron chi connectivity index (χ1n) is 7.76. The van der Waals surface area contributed by atoms with Crippen molar-refractivity contribution in [1.29, 1.82) is 0 Å². The van der Waals surface area contributed by atoms with Crippen LogP contribution in [0.4, 0.5) is 4.39 Å². The van der Waals surface area contributed by atoms with E-state index in [1.807, 2.05) is 12.1 Å². The van der Waals surface area contributed by atoms with Crippen molar-refractivity contribution in [1.82, 2.24) is 0 Å². The third kappa shape index (κ3) is 1.92. The summed E-state index contributed by atoms with van der Waals surface area (Å²) in [5, 5.41) is 0. The first-order chi connectivity index (χ1) is 9.46. The molecule has 108 valence electrons. The topological polar surface area (TPSA) is 17.1 Å². The van der Waals surface area contributed by atoms with Crippen LogP contribution in [-0.4, -0.2) is 5.78 Å². The Hall–Kier alpha value is -1.18. The molecule has 0 aliphatic heterocycles. The van der Waals surface area contributed by atoms with Crippen LogP contribution in [0.1, 0.15) is 51.5 Å². The molecule has 4 atom stereocenters. The number of Topliss-reactive ketones (excluding diaryl/α,β-unsaturated/α-hetero) is 1. The van der Waals surface area contributed by atoms with Gasteiger partial charge in [-0.1, -0.05) is 32.9 Å². The molecular formula is C18H23FO. The van der Waals surface area contributed by atoms with Crippen LogP contribution in [0.2, 0.25) is 0 Å². The van der Waals surface area contributed by atoms with Crippen LogP contribution in [0.3, 0.4) is 0 Å². The molecule has 4 unspecified atom stereocenters. The second-order valence-corrected chi connectivity index (χ2v) is 7.04. The van der Waals surface area contributed by atoms with Gasteiger partial charge in [-0.3, -0.25) is 4.79 Å². The second-order valence-electron chi connectivity index (χ2n) is 7.04. The van der Waals surface area contributed by atoms with Gasteiger partial charge in [0.2, 0.25) is 0 Å². The lowest BCUT2D eigenvalue weighted by molar-refractivity contribution is -0.135. The van der Waals surface area contributed by atoms with E-state index in [1.165, 1.54) is 12.1 Å². The standard InChI is InChI=1S/C18H23FO/c1-11(2)15-9-4-12(3)18(17(15)20)10-16(18)13-5-7-14(19)8-6-13/h5-8,11-12,15-16H,4,9-10H2,1-3H3. The van der Waals surface area contributed by atoms with Crippen LogP contribution in [0.5, 0.6) is 0 Å². The highest BCUT2D eigenvalue weighted by molar-refractivity contribution is 5.92. The van der Waals surface area contributed by atoms with Crippen molar-refractivity contribution in [3.05, 3.63) is 35.6 Å². The number of hydrogen-bond acceptors (Lipinski definition) is 1. The van der Waals surface area contributed by atoms with Gasteiger partial charge in [-0.2, -0.15) is 0 Å². The zero-order valence-corrected chi connectivity index (χ0v) is 12.5. The number of carbonyl (C=O) groups is 1. The number of hydrogen-bond donors (Lipinski definition) is 0. The molecule has 0 bridgehead atoms. The van der Waals surface area contributed by atoms with Crippen molar-refractivity contribution in [3.63, 3.8) is 0 Å². The van der Waals surface area contributed by atoms with Crippen LogP contribution in [0, 0.1) is 29.0 Å². The molecule has 0 aromatic heterocycles. The Morgan fingerprint density at radius 1 is 1.20 bits per heavy atom. The minimum absolute atomic E-state index is 0.148. The summed E-state index contributed by atoms with van der Waals surface area (Å²) in [5.41, 5.74) is 0.987. The summed E-state index contributed by atoms with van der Waals surface area (Å²) < 4.78 is 13.1. The first kappa shape index (κ1) is 13.8. The molecular weight excluding hydrogens is 251 g/mol. The monoisotopic (exact) mass is 274 g/mol. The molecule has 20 heavy (non-hydrogen) atoms. The van der Waals surface area contributed by atoms with Crippen molar-refractivity contribution in [2.75, 3.05) is 0 Å². The van der Waals surface area contributed by atoms with E-state index in [1.54, 1.807) is 0 Å². The highest BCUT2D eigenvalue weighted by Gasteiger charge is 2.65. The quantitative estimate of drug-likeness (QED) is 0.772. The molecule has 0 radical (unpaired) electrons. The minimum Gasteiger partial charge on any atom is -0.299 e. The van der Waals surface area contributed by atoms with Crippen LogP contribution in [0.15, 0.2) is 24.3 Å². The van der Waals surface area contributed by atoms with Crippen molar-refractivity contribution in [2.45, 2.75) is 46.0 Å². The molecule has 2 saturated carbocycles. The molecule has 2 heteroatoms. The van der Waals surface area contributed by atoms with Gasteiger partial charge >= 0.3 is 0 Å². The summed E-state index contributed by atoms with van der Waals surface area (Å²) in [7, 11) is 0. The predicted molar refractivity (Wildman–Crippen MR) is 77.9 cm³/mol. The van der Waals surface area contributed by atoms with E-state index in [9.17, 15) is 9.18 Å². The number of halogens is 1. The molecule has 1 nitrogen and oxygen atoms in total. The maximum atomic E-state index is 13.1. The highest BCUT2D eigenvalue weighted by atomic mass is 19.1. The van der Waals surface area contributed by atoms with Crippen LogP contribution in [0.25, 0.3) is 0 Å². The third-order valence-electron chi connectivity index (χ3n) is 5.67. The van der Waals surface area contributed by atoms with Gasteiger partial charge < -0.3 is 0 Å². The molecule has 3 rings (SSSR count). The van der Waals surface area contributed by atoms with Crippen molar-refractivity contribution >= 4 is 5.78 Å². The Morgan fingerprint density at radius 3 is 2.45 bits per heavy atom. The normalized spacial score (nSPS) is 36.6. The van der Waals surface area contributed by atoms with Gasteiger partial charge in [0.25, 0.3) is 0 Å². The molecule has 1 spiro atoms. The maximum absolute atomic E-state index is 13.1. The number of rotatable bonds is 2. The Kier molecular flexibility index (Phi) is 3.23. The van der Waals surface area contributed by atoms with Crippen LogP contribution in [-0.2, 0) is 4.79 Å². The molecule has 0 amide bonds. The lowest BCUT2D eigenvalue weighted by Gasteiger charge is -2.36. The fraction of sp³-hybridized carbons (Fsp3) is 0.611. The van der Waals surface area contributed by atoms with E-state index in [-0.39, 0.29) is 17.2 Å². The van der Waals surface area contributed by atoms with E-state index in [0.29, 0.717) is 23.5 Å². The van der Waals surface area contributed by atoms with Gasteiger partial charge in [0.05, 0.1) is 0 Å². The van der Waals surface area contributed by atoms with Gasteiger partial charge in [0.1, 0.15) is 11.6 Å². The van der Waals surface area contributed by atoms with E-state index < -0.39 is 0 Å². The van der Waals surface area contributed by atoms with Gasteiger partial charge in [0, 0.05) is 11.3 Å². The Balaban J connectivity index is 1.88. The third-order valence-corrected chi connectivity index (χ3v) is 5.67. The van der Waals surface area contributed by atoms with Gasteiger partial charge in [-0.05, 0) is 54.7 Å². The predicted octanol–water partition coefficient (Wildman–Crippen LogP) is 4.57. The Labute approximate surface area is 120 Å². The molecule has 1 aromatic rings. The largest absolute Gasteiger partial charge is 0.299 e. The second kappa shape index (κ2) is 4.68. The average Bonchev–Trinajstić information content (AvgIpc) is 3.14. The van der Waals surface area contributed by atoms with E-state index >= 15 is 0 Å². The lowest BCUT2D eigenvalue weighted by atomic mass is 9.66. The van der Waals surface area contributed by atoms with Crippen molar-refractivity contribution in [2.24, 2.45) is 23.2 Å². The van der Waals surface area contributed by atoms with E-state index in [0.717, 1.165) is 24.8 Å². The zero-order valence-electron chi connectivity index (χ0n) is 12.5. The fourth-order valence-corrected chi connectivity index (χ4v) is 4.25. The summed E-state index contributed by atoms with van der Waals surface area (Å²) in [6.45, 7) is 6.53. The summed E-state index contributed by atoms with van der Waals surface area (Å²) in [6.07, 6.45) is 3.14. The van der Waals surface area contributed by atoms with Gasteiger partial charge in [0.15, 0.2) is 0 Å². The summed E-state index contributed by atoms with van der Waals surface area (Å²) in [4.78, 5) is 12.9. The molecule has 0 heterocycles. The van der Waals surface area contributed by atoms with Gasteiger partial charge in [-0.15, -0.1) is 0 Å². The molecule has 2 aliphatic carbocycles. The maximum Gasteiger partial charge on any atom is 0.143 e. The van der Waals surface area contributed by atoms with Gasteiger partial charge in [-0.25, -0.2) is 4.39 Å². The highest BCUT2D eigenvalue weighted by Crippen LogP contribution is 2.68. The average molecular weight is 274 g/mol. The van der Waals surface area contributed by atoms with Crippen LogP contribution < -0.4 is 0 Å². The number of carbonyl (C=O) groups excluding carboxylic acids is 1. The Bertz CT molecular complexity index is 519. The smallest absolute Gasteiger partial charge is 0.143 e. The lowest BCUT2D eigenvalue weighted by Crippen LogP contribution is -2.39. The van der Waals surface area contributed by atoms with E-state index in [4.69, 9.17) is 0 Å². The molecule has 0 saturated heterocycles. The molecule has 2 aliphatic rings. The first-order valence-corrected chi connectivity index (χ1v) is 7.76. The zero-order chi connectivity index (χ0) is 14.5. The molecule has 2 fully saturated rings. The van der Waals surface area contributed by atoms with Crippen LogP contribution >= 0.6 is 0 Å². The minimum atomic E-state index is -0.202. The van der Waals surface area contributed by atoms with Crippen molar-refractivity contribution in [3.8, 4) is 0 Å². The molecule has 1 aromatic carbocycles. The molecule has 0 N–H and O–H groups in total. The summed E-state index contributed by atoms with van der Waals surface area (Å²) >= 11 is 0. The number of ketones is 1. The summed E-state index contributed by atoms with van der Waals surface area (Å²) in [5.74, 6) is 1.69. The fourth-order valence-electron chi connectivity index (χ4n) is 4.25. The number of benzene rings is 1. The van der Waals surface area contributed by atoms with Crippen molar-refractivity contribution < 1.29 is 9.18 Å². The Morgan fingerprint density at radius 2 is 1.85 bits per heavy atom.